The van der Waals surface area contributed by atoms with Gasteiger partial charge >= 0.3 is 6.18 Å². The van der Waals surface area contributed by atoms with E-state index in [4.69, 9.17) is 4.74 Å². The molecule has 6 heteroatoms. The molecule has 0 aromatic heterocycles. The van der Waals surface area contributed by atoms with Gasteiger partial charge in [0.2, 0.25) is 0 Å². The average Bonchev–Trinajstić information content (AvgIpc) is 2.83. The van der Waals surface area contributed by atoms with Gasteiger partial charge in [0.05, 0.1) is 12.7 Å². The monoisotopic (exact) mass is 330 g/mol. The van der Waals surface area contributed by atoms with Crippen molar-refractivity contribution in [1.29, 1.82) is 0 Å². The van der Waals surface area contributed by atoms with Gasteiger partial charge in [0, 0.05) is 22.0 Å². The van der Waals surface area contributed by atoms with Crippen molar-refractivity contribution < 1.29 is 22.7 Å². The predicted molar refractivity (Wildman–Crippen MR) is 79.5 cm³/mol. The summed E-state index contributed by atoms with van der Waals surface area (Å²) < 4.78 is 43.8. The van der Waals surface area contributed by atoms with Gasteiger partial charge in [-0.1, -0.05) is 0 Å². The van der Waals surface area contributed by atoms with Crippen LogP contribution in [0.5, 0.6) is 5.75 Å². The Bertz CT molecular complexity index is 573. The lowest BCUT2D eigenvalue weighted by Crippen LogP contribution is -2.25. The molecule has 1 aromatic rings. The first-order valence-electron chi connectivity index (χ1n) is 7.33. The van der Waals surface area contributed by atoms with Gasteiger partial charge in [0.25, 0.3) is 0 Å². The van der Waals surface area contributed by atoms with Crippen LogP contribution in [0.4, 0.5) is 13.2 Å². The molecule has 0 aliphatic carbocycles. The van der Waals surface area contributed by atoms with Crippen molar-refractivity contribution in [3.8, 4) is 5.75 Å². The molecule has 0 radical (unpaired) electrons. The fourth-order valence-electron chi connectivity index (χ4n) is 3.33. The van der Waals surface area contributed by atoms with E-state index in [-0.39, 0.29) is 23.0 Å². The van der Waals surface area contributed by atoms with Gasteiger partial charge in [-0.25, -0.2) is 0 Å². The van der Waals surface area contributed by atoms with Crippen molar-refractivity contribution in [2.75, 3.05) is 7.11 Å². The second-order valence-electron chi connectivity index (χ2n) is 5.94. The minimum atomic E-state index is -4.48. The minimum Gasteiger partial charge on any atom is -0.497 e. The molecule has 2 aliphatic heterocycles. The molecule has 2 saturated heterocycles. The van der Waals surface area contributed by atoms with Crippen LogP contribution in [0, 0.1) is 5.92 Å². The number of thioether (sulfide) groups is 1. The lowest BCUT2D eigenvalue weighted by atomic mass is 9.89. The van der Waals surface area contributed by atoms with Gasteiger partial charge in [-0.2, -0.15) is 24.9 Å². The summed E-state index contributed by atoms with van der Waals surface area (Å²) in [4.78, 5) is 12.6. The predicted octanol–water partition coefficient (Wildman–Crippen LogP) is 4.57. The third-order valence-corrected chi connectivity index (χ3v) is 6.04. The normalized spacial score (nSPS) is 27.7. The zero-order chi connectivity index (χ0) is 15.9. The maximum atomic E-state index is 13.0. The highest BCUT2D eigenvalue weighted by Crippen LogP contribution is 2.47. The van der Waals surface area contributed by atoms with E-state index in [0.717, 1.165) is 37.8 Å². The van der Waals surface area contributed by atoms with Crippen molar-refractivity contribution >= 4 is 17.5 Å². The standard InChI is InChI=1S/C16H17F3O2S/c1-21-12-5-9(4-11(8-12)16(17,18)19)15(20)10-6-13-2-3-14(7-10)22-13/h4-5,8,10,13-14H,2-3,6-7H2,1H3. The van der Waals surface area contributed by atoms with Crippen molar-refractivity contribution in [1.82, 2.24) is 0 Å². The number of halogens is 3. The smallest absolute Gasteiger partial charge is 0.416 e. The number of Topliss-reactive ketones (excluding diaryl/α,β-unsaturated/α-hetero) is 1. The number of hydrogen-bond acceptors (Lipinski definition) is 3. The number of carbonyl (C=O) groups excluding carboxylic acids is 1. The topological polar surface area (TPSA) is 26.3 Å². The van der Waals surface area contributed by atoms with E-state index in [9.17, 15) is 18.0 Å². The third-order valence-electron chi connectivity index (χ3n) is 4.42. The van der Waals surface area contributed by atoms with Crippen LogP contribution in [-0.2, 0) is 6.18 Å². The van der Waals surface area contributed by atoms with Gasteiger partial charge in [0.1, 0.15) is 5.75 Å². The Morgan fingerprint density at radius 3 is 2.36 bits per heavy atom. The number of ether oxygens (including phenoxy) is 1. The Kier molecular flexibility index (Phi) is 4.14. The number of ketones is 1. The lowest BCUT2D eigenvalue weighted by molar-refractivity contribution is -0.137. The number of benzene rings is 1. The SMILES string of the molecule is COc1cc(C(=O)C2CC3CCC(C2)S3)cc(C(F)(F)F)c1. The van der Waals surface area contributed by atoms with Crippen LogP contribution < -0.4 is 4.74 Å². The van der Waals surface area contributed by atoms with Crippen molar-refractivity contribution in [3.63, 3.8) is 0 Å². The van der Waals surface area contributed by atoms with Crippen molar-refractivity contribution in [2.24, 2.45) is 5.92 Å². The largest absolute Gasteiger partial charge is 0.497 e. The first-order valence-corrected chi connectivity index (χ1v) is 8.27. The Labute approximate surface area is 131 Å². The minimum absolute atomic E-state index is 0.0753. The first kappa shape index (κ1) is 15.7. The fraction of sp³-hybridized carbons (Fsp3) is 0.562. The summed E-state index contributed by atoms with van der Waals surface area (Å²) in [5, 5.41) is 0.973. The Hall–Kier alpha value is -1.17. The summed E-state index contributed by atoms with van der Waals surface area (Å²) in [5.74, 6) is -0.264. The maximum absolute atomic E-state index is 13.0. The van der Waals surface area contributed by atoms with Crippen LogP contribution in [0.1, 0.15) is 41.6 Å². The van der Waals surface area contributed by atoms with E-state index in [1.54, 1.807) is 0 Å². The highest BCUT2D eigenvalue weighted by Gasteiger charge is 2.39. The summed E-state index contributed by atoms with van der Waals surface area (Å²) in [6.07, 6.45) is -0.696. The van der Waals surface area contributed by atoms with Crippen LogP contribution in [-0.4, -0.2) is 23.4 Å². The van der Waals surface area contributed by atoms with Crippen LogP contribution in [0.2, 0.25) is 0 Å². The Morgan fingerprint density at radius 1 is 1.18 bits per heavy atom. The second kappa shape index (κ2) is 5.80. The number of carbonyl (C=O) groups is 1. The molecular formula is C16H17F3O2S. The molecule has 0 N–H and O–H groups in total. The molecular weight excluding hydrogens is 313 g/mol. The first-order chi connectivity index (χ1) is 10.4. The van der Waals surface area contributed by atoms with Gasteiger partial charge < -0.3 is 4.74 Å². The van der Waals surface area contributed by atoms with Gasteiger partial charge in [-0.3, -0.25) is 4.79 Å². The van der Waals surface area contributed by atoms with Gasteiger partial charge in [-0.15, -0.1) is 0 Å². The molecule has 0 saturated carbocycles. The fourth-order valence-corrected chi connectivity index (χ4v) is 5.11. The van der Waals surface area contributed by atoms with Gasteiger partial charge in [-0.05, 0) is 43.9 Å². The van der Waals surface area contributed by atoms with E-state index in [1.165, 1.54) is 13.2 Å². The van der Waals surface area contributed by atoms with Crippen LogP contribution >= 0.6 is 11.8 Å². The number of fused-ring (bicyclic) bond motifs is 2. The average molecular weight is 330 g/mol. The van der Waals surface area contributed by atoms with E-state index in [0.29, 0.717) is 10.5 Å². The molecule has 3 rings (SSSR count). The molecule has 2 nitrogen and oxygen atoms in total. The number of hydrogen-bond donors (Lipinski definition) is 0. The number of rotatable bonds is 3. The van der Waals surface area contributed by atoms with Crippen LogP contribution in [0.25, 0.3) is 0 Å². The molecule has 2 unspecified atom stereocenters. The van der Waals surface area contributed by atoms with Gasteiger partial charge in [0.15, 0.2) is 5.78 Å². The Balaban J connectivity index is 1.88. The molecule has 1 aromatic carbocycles. The zero-order valence-corrected chi connectivity index (χ0v) is 13.0. The third kappa shape index (κ3) is 3.12. The maximum Gasteiger partial charge on any atom is 0.416 e. The summed E-state index contributed by atoms with van der Waals surface area (Å²) in [7, 11) is 1.31. The summed E-state index contributed by atoms with van der Waals surface area (Å²) >= 11 is 1.93. The van der Waals surface area contributed by atoms with E-state index >= 15 is 0 Å². The summed E-state index contributed by atoms with van der Waals surface area (Å²) in [6, 6.07) is 3.30. The molecule has 22 heavy (non-hydrogen) atoms. The second-order valence-corrected chi connectivity index (χ2v) is 7.54. The van der Waals surface area contributed by atoms with Crippen LogP contribution in [0.15, 0.2) is 18.2 Å². The number of methoxy groups -OCH3 is 1. The van der Waals surface area contributed by atoms with E-state index in [2.05, 4.69) is 0 Å². The van der Waals surface area contributed by atoms with Crippen molar-refractivity contribution in [3.05, 3.63) is 29.3 Å². The molecule has 2 atom stereocenters. The molecule has 2 bridgehead atoms. The van der Waals surface area contributed by atoms with E-state index in [1.807, 2.05) is 11.8 Å². The quantitative estimate of drug-likeness (QED) is 0.759. The molecule has 2 fully saturated rings. The lowest BCUT2D eigenvalue weighted by Gasteiger charge is -2.26. The summed E-state index contributed by atoms with van der Waals surface area (Å²) in [6.45, 7) is 0. The highest BCUT2D eigenvalue weighted by atomic mass is 32.2. The van der Waals surface area contributed by atoms with E-state index < -0.39 is 11.7 Å². The zero-order valence-electron chi connectivity index (χ0n) is 12.2. The molecule has 0 spiro atoms. The molecule has 2 aliphatic rings. The molecule has 2 heterocycles. The molecule has 0 amide bonds. The van der Waals surface area contributed by atoms with Crippen LogP contribution in [0.3, 0.4) is 0 Å². The highest BCUT2D eigenvalue weighted by molar-refractivity contribution is 8.00. The number of alkyl halides is 3. The Morgan fingerprint density at radius 2 is 1.82 bits per heavy atom. The molecule has 120 valence electrons. The summed E-state index contributed by atoms with van der Waals surface area (Å²) in [5.41, 5.74) is -0.716. The van der Waals surface area contributed by atoms with Crippen molar-refractivity contribution in [2.45, 2.75) is 42.4 Å².